The summed E-state index contributed by atoms with van der Waals surface area (Å²) in [5, 5.41) is 14.1. The highest BCUT2D eigenvalue weighted by molar-refractivity contribution is 9.10. The summed E-state index contributed by atoms with van der Waals surface area (Å²) in [5.41, 5.74) is 2.04. The number of hydrogen-bond donors (Lipinski definition) is 1. The van der Waals surface area contributed by atoms with Crippen LogP contribution in [0.2, 0.25) is 0 Å². The highest BCUT2D eigenvalue weighted by Gasteiger charge is 2.25. The van der Waals surface area contributed by atoms with E-state index in [4.69, 9.17) is 4.74 Å². The Bertz CT molecular complexity index is 802. The Morgan fingerprint density at radius 2 is 1.65 bits per heavy atom. The highest BCUT2D eigenvalue weighted by Crippen LogP contribution is 2.48. The number of hydrogen-bond acceptors (Lipinski definition) is 5. The number of fused-ring (bicyclic) bond motifs is 2. The molecule has 3 aromatic rings. The van der Waals surface area contributed by atoms with Gasteiger partial charge >= 0.3 is 0 Å². The molecule has 0 bridgehead atoms. The van der Waals surface area contributed by atoms with E-state index in [1.54, 1.807) is 0 Å². The summed E-state index contributed by atoms with van der Waals surface area (Å²) < 4.78 is 8.01. The molecule has 0 atom stereocenters. The van der Waals surface area contributed by atoms with Gasteiger partial charge in [0.15, 0.2) is 17.3 Å². The molecular weight excluding hydrogens is 426 g/mol. The standard InChI is InChI=1S/C15H11Br2N5O/c16-9-1-3-11-13(7-9)23-14-8-10(17)2-4-12(14)22(11)6-5-15-18-20-21-19-15/h1-4,7-8H,5-6H2,(H,18,19,20,21). The van der Waals surface area contributed by atoms with E-state index in [1.807, 2.05) is 36.4 Å². The Labute approximate surface area is 149 Å². The summed E-state index contributed by atoms with van der Waals surface area (Å²) in [6, 6.07) is 12.0. The minimum absolute atomic E-state index is 0.682. The average Bonchev–Trinajstić information content (AvgIpc) is 3.04. The Hall–Kier alpha value is -1.93. The second-order valence-electron chi connectivity index (χ2n) is 5.06. The van der Waals surface area contributed by atoms with Crippen LogP contribution in [0.4, 0.5) is 11.4 Å². The molecule has 0 unspecified atom stereocenters. The van der Waals surface area contributed by atoms with Crippen LogP contribution in [0.25, 0.3) is 0 Å². The van der Waals surface area contributed by atoms with E-state index in [0.717, 1.165) is 38.4 Å². The largest absolute Gasteiger partial charge is 0.453 e. The van der Waals surface area contributed by atoms with Gasteiger partial charge in [-0.2, -0.15) is 5.21 Å². The van der Waals surface area contributed by atoms with Crippen LogP contribution >= 0.6 is 31.9 Å². The highest BCUT2D eigenvalue weighted by atomic mass is 79.9. The molecule has 2 aromatic carbocycles. The summed E-state index contributed by atoms with van der Waals surface area (Å²) in [5.74, 6) is 2.32. The monoisotopic (exact) mass is 435 g/mol. The lowest BCUT2D eigenvalue weighted by Crippen LogP contribution is -2.24. The second kappa shape index (κ2) is 5.93. The van der Waals surface area contributed by atoms with E-state index in [0.29, 0.717) is 12.2 Å². The van der Waals surface area contributed by atoms with Crippen molar-refractivity contribution in [3.05, 3.63) is 51.2 Å². The van der Waals surface area contributed by atoms with Crippen LogP contribution in [0.3, 0.4) is 0 Å². The number of tetrazole rings is 1. The average molecular weight is 437 g/mol. The molecule has 0 saturated carbocycles. The van der Waals surface area contributed by atoms with E-state index in [9.17, 15) is 0 Å². The van der Waals surface area contributed by atoms with Crippen LogP contribution in [0.1, 0.15) is 5.82 Å². The quantitative estimate of drug-likeness (QED) is 0.665. The predicted octanol–water partition coefficient (Wildman–Crippen LogP) is 4.21. The second-order valence-corrected chi connectivity index (χ2v) is 6.89. The number of ether oxygens (including phenoxy) is 1. The molecule has 0 spiro atoms. The molecular formula is C15H11Br2N5O. The maximum absolute atomic E-state index is 6.05. The van der Waals surface area contributed by atoms with E-state index >= 15 is 0 Å². The van der Waals surface area contributed by atoms with Gasteiger partial charge in [0.25, 0.3) is 0 Å². The molecule has 2 heterocycles. The van der Waals surface area contributed by atoms with Gasteiger partial charge in [0.05, 0.1) is 11.4 Å². The fourth-order valence-corrected chi connectivity index (χ4v) is 3.25. The minimum atomic E-state index is 0.682. The lowest BCUT2D eigenvalue weighted by Gasteiger charge is -2.32. The number of benzene rings is 2. The van der Waals surface area contributed by atoms with Crippen molar-refractivity contribution in [1.29, 1.82) is 0 Å². The molecule has 23 heavy (non-hydrogen) atoms. The molecule has 0 aliphatic carbocycles. The van der Waals surface area contributed by atoms with Crippen molar-refractivity contribution < 1.29 is 4.74 Å². The topological polar surface area (TPSA) is 66.9 Å². The Morgan fingerprint density at radius 1 is 1.00 bits per heavy atom. The van der Waals surface area contributed by atoms with Crippen molar-refractivity contribution in [2.24, 2.45) is 0 Å². The van der Waals surface area contributed by atoms with Gasteiger partial charge in [-0.15, -0.1) is 10.2 Å². The summed E-state index contributed by atoms with van der Waals surface area (Å²) in [7, 11) is 0. The molecule has 0 fully saturated rings. The van der Waals surface area contributed by atoms with Crippen LogP contribution in [0.15, 0.2) is 45.3 Å². The zero-order chi connectivity index (χ0) is 15.8. The first-order valence-corrected chi connectivity index (χ1v) is 8.56. The molecule has 6 nitrogen and oxygen atoms in total. The van der Waals surface area contributed by atoms with E-state index in [2.05, 4.69) is 57.4 Å². The summed E-state index contributed by atoms with van der Waals surface area (Å²) in [6.45, 7) is 0.728. The van der Waals surface area contributed by atoms with Crippen molar-refractivity contribution in [2.45, 2.75) is 6.42 Å². The van der Waals surface area contributed by atoms with E-state index < -0.39 is 0 Å². The van der Waals surface area contributed by atoms with E-state index in [1.165, 1.54) is 0 Å². The van der Waals surface area contributed by atoms with Crippen molar-refractivity contribution in [3.8, 4) is 11.5 Å². The maximum Gasteiger partial charge on any atom is 0.176 e. The van der Waals surface area contributed by atoms with Crippen LogP contribution < -0.4 is 9.64 Å². The zero-order valence-electron chi connectivity index (χ0n) is 11.8. The van der Waals surface area contributed by atoms with Gasteiger partial charge in [-0.25, -0.2) is 0 Å². The Morgan fingerprint density at radius 3 is 2.22 bits per heavy atom. The SMILES string of the molecule is Brc1ccc2c(c1)Oc1cc(Br)ccc1N2CCc1nn[nH]n1. The molecule has 4 rings (SSSR count). The number of rotatable bonds is 3. The minimum Gasteiger partial charge on any atom is -0.453 e. The van der Waals surface area contributed by atoms with Crippen molar-refractivity contribution >= 4 is 43.2 Å². The summed E-state index contributed by atoms with van der Waals surface area (Å²) in [4.78, 5) is 2.21. The Balaban J connectivity index is 1.74. The van der Waals surface area contributed by atoms with Crippen molar-refractivity contribution in [3.63, 3.8) is 0 Å². The van der Waals surface area contributed by atoms with Gasteiger partial charge in [0.2, 0.25) is 0 Å². The normalized spacial score (nSPS) is 12.5. The fourth-order valence-electron chi connectivity index (χ4n) is 2.57. The number of aromatic amines is 1. The molecule has 8 heteroatoms. The first-order valence-electron chi connectivity index (χ1n) is 6.97. The molecule has 116 valence electrons. The smallest absolute Gasteiger partial charge is 0.176 e. The van der Waals surface area contributed by atoms with Gasteiger partial charge in [-0.3, -0.25) is 0 Å². The number of nitrogens with zero attached hydrogens (tertiary/aromatic N) is 4. The number of H-pyrrole nitrogens is 1. The third kappa shape index (κ3) is 2.84. The molecule has 0 saturated heterocycles. The third-order valence-electron chi connectivity index (χ3n) is 3.59. The maximum atomic E-state index is 6.05. The van der Waals surface area contributed by atoms with Gasteiger partial charge in [0.1, 0.15) is 0 Å². The van der Waals surface area contributed by atoms with Crippen molar-refractivity contribution in [2.75, 3.05) is 11.4 Å². The van der Waals surface area contributed by atoms with Gasteiger partial charge in [0, 0.05) is 21.9 Å². The fraction of sp³-hybridized carbons (Fsp3) is 0.133. The van der Waals surface area contributed by atoms with E-state index in [-0.39, 0.29) is 0 Å². The first-order chi connectivity index (χ1) is 11.2. The van der Waals surface area contributed by atoms with Gasteiger partial charge in [-0.05, 0) is 36.4 Å². The molecule has 0 amide bonds. The lowest BCUT2D eigenvalue weighted by atomic mass is 10.1. The third-order valence-corrected chi connectivity index (χ3v) is 4.58. The van der Waals surface area contributed by atoms with Crippen LogP contribution in [0.5, 0.6) is 11.5 Å². The number of anilines is 2. The zero-order valence-corrected chi connectivity index (χ0v) is 15.0. The molecule has 1 aliphatic rings. The van der Waals surface area contributed by atoms with Crippen LogP contribution in [0, 0.1) is 0 Å². The molecule has 1 aliphatic heterocycles. The summed E-state index contributed by atoms with van der Waals surface area (Å²) in [6.07, 6.45) is 0.682. The predicted molar refractivity (Wildman–Crippen MR) is 93.2 cm³/mol. The molecule has 1 aromatic heterocycles. The number of halogens is 2. The first kappa shape index (κ1) is 14.6. The number of aromatic nitrogens is 4. The molecule has 0 radical (unpaired) electrons. The lowest BCUT2D eigenvalue weighted by molar-refractivity contribution is 0.472. The van der Waals surface area contributed by atoms with Gasteiger partial charge < -0.3 is 9.64 Å². The number of nitrogens with one attached hydrogen (secondary N) is 1. The molecule has 1 N–H and O–H groups in total. The summed E-state index contributed by atoms with van der Waals surface area (Å²) >= 11 is 6.99. The van der Waals surface area contributed by atoms with Crippen LogP contribution in [-0.2, 0) is 6.42 Å². The van der Waals surface area contributed by atoms with Gasteiger partial charge in [-0.1, -0.05) is 37.1 Å². The Kier molecular flexibility index (Phi) is 3.78. The van der Waals surface area contributed by atoms with Crippen molar-refractivity contribution in [1.82, 2.24) is 20.6 Å². The van der Waals surface area contributed by atoms with Crippen LogP contribution in [-0.4, -0.2) is 27.2 Å².